The Bertz CT molecular complexity index is 332. The summed E-state index contributed by atoms with van der Waals surface area (Å²) in [5.41, 5.74) is 6.78. The number of halogens is 2. The fourth-order valence-corrected chi connectivity index (χ4v) is 1.18. The molecule has 0 aliphatic rings. The summed E-state index contributed by atoms with van der Waals surface area (Å²) in [6, 6.07) is 4.92. The van der Waals surface area contributed by atoms with Gasteiger partial charge in [-0.05, 0) is 18.6 Å². The number of nitrogen functional groups attached to an aromatic ring is 1. The highest BCUT2D eigenvalue weighted by Gasteiger charge is 2.05. The molecule has 0 heterocycles. The molecule has 90 valence electrons. The van der Waals surface area contributed by atoms with E-state index in [4.69, 9.17) is 10.5 Å². The Morgan fingerprint density at radius 1 is 1.44 bits per heavy atom. The molecule has 1 rings (SSSR count). The van der Waals surface area contributed by atoms with Crippen LogP contribution in [0.4, 0.5) is 20.2 Å². The lowest BCUT2D eigenvalue weighted by atomic mass is 10.2. The molecule has 16 heavy (non-hydrogen) atoms. The second kappa shape index (κ2) is 6.15. The monoisotopic (exact) mass is 230 g/mol. The van der Waals surface area contributed by atoms with Crippen molar-refractivity contribution in [2.24, 2.45) is 0 Å². The summed E-state index contributed by atoms with van der Waals surface area (Å²) >= 11 is 0. The highest BCUT2D eigenvalue weighted by atomic mass is 19.3. The summed E-state index contributed by atoms with van der Waals surface area (Å²) in [6.45, 7) is 2.16. The normalized spacial score (nSPS) is 10.5. The van der Waals surface area contributed by atoms with Gasteiger partial charge in [-0.1, -0.05) is 6.92 Å². The van der Waals surface area contributed by atoms with E-state index >= 15 is 0 Å². The number of benzene rings is 1. The van der Waals surface area contributed by atoms with Crippen molar-refractivity contribution in [2.45, 2.75) is 19.8 Å². The molecule has 0 saturated heterocycles. The smallest absolute Gasteiger partial charge is 0.255 e. The Balaban J connectivity index is 2.65. The van der Waals surface area contributed by atoms with Crippen LogP contribution in [0.15, 0.2) is 18.2 Å². The predicted molar refractivity (Wildman–Crippen MR) is 61.1 cm³/mol. The molecule has 1 aromatic rings. The topological polar surface area (TPSA) is 47.3 Å². The SMILES string of the molecule is CCCOc1cc(NCC(F)F)ccc1N. The van der Waals surface area contributed by atoms with Crippen molar-refractivity contribution in [3.63, 3.8) is 0 Å². The van der Waals surface area contributed by atoms with E-state index in [9.17, 15) is 8.78 Å². The van der Waals surface area contributed by atoms with Gasteiger partial charge < -0.3 is 15.8 Å². The van der Waals surface area contributed by atoms with Crippen LogP contribution < -0.4 is 15.8 Å². The van der Waals surface area contributed by atoms with Crippen molar-refractivity contribution in [3.8, 4) is 5.75 Å². The third-order valence-electron chi connectivity index (χ3n) is 1.94. The quantitative estimate of drug-likeness (QED) is 0.739. The van der Waals surface area contributed by atoms with Crippen LogP contribution in [0.5, 0.6) is 5.75 Å². The van der Waals surface area contributed by atoms with Crippen molar-refractivity contribution in [1.29, 1.82) is 0 Å². The number of rotatable bonds is 6. The fraction of sp³-hybridized carbons (Fsp3) is 0.455. The van der Waals surface area contributed by atoms with E-state index in [1.807, 2.05) is 6.92 Å². The summed E-state index contributed by atoms with van der Waals surface area (Å²) < 4.78 is 29.3. The number of ether oxygens (including phenoxy) is 1. The van der Waals surface area contributed by atoms with E-state index < -0.39 is 6.43 Å². The van der Waals surface area contributed by atoms with Gasteiger partial charge in [0, 0.05) is 11.8 Å². The number of alkyl halides is 2. The molecular weight excluding hydrogens is 214 g/mol. The number of nitrogens with two attached hydrogens (primary N) is 1. The summed E-state index contributed by atoms with van der Waals surface area (Å²) in [4.78, 5) is 0. The van der Waals surface area contributed by atoms with Gasteiger partial charge in [0.2, 0.25) is 0 Å². The van der Waals surface area contributed by atoms with Gasteiger partial charge in [0.25, 0.3) is 6.43 Å². The lowest BCUT2D eigenvalue weighted by Crippen LogP contribution is -2.10. The van der Waals surface area contributed by atoms with Crippen molar-refractivity contribution < 1.29 is 13.5 Å². The highest BCUT2D eigenvalue weighted by Crippen LogP contribution is 2.25. The van der Waals surface area contributed by atoms with Crippen LogP contribution in [0.1, 0.15) is 13.3 Å². The van der Waals surface area contributed by atoms with Gasteiger partial charge in [-0.15, -0.1) is 0 Å². The molecule has 0 bridgehead atoms. The van der Waals surface area contributed by atoms with Crippen LogP contribution in [-0.4, -0.2) is 19.6 Å². The van der Waals surface area contributed by atoms with Gasteiger partial charge in [0.15, 0.2) is 0 Å². The van der Waals surface area contributed by atoms with Gasteiger partial charge in [0.05, 0.1) is 18.8 Å². The standard InChI is InChI=1S/C11H16F2N2O/c1-2-5-16-10-6-8(3-4-9(10)14)15-7-11(12)13/h3-4,6,11,15H,2,5,7,14H2,1H3. The van der Waals surface area contributed by atoms with Crippen LogP contribution in [0.3, 0.4) is 0 Å². The molecule has 0 amide bonds. The molecule has 0 aliphatic carbocycles. The predicted octanol–water partition coefficient (Wildman–Crippen LogP) is 2.73. The van der Waals surface area contributed by atoms with Gasteiger partial charge in [0.1, 0.15) is 5.75 Å². The molecule has 1 aromatic carbocycles. The fourth-order valence-electron chi connectivity index (χ4n) is 1.18. The van der Waals surface area contributed by atoms with Crippen molar-refractivity contribution in [2.75, 3.05) is 24.2 Å². The zero-order valence-corrected chi connectivity index (χ0v) is 9.17. The molecule has 3 N–H and O–H groups in total. The first-order valence-electron chi connectivity index (χ1n) is 5.17. The van der Waals surface area contributed by atoms with E-state index in [0.717, 1.165) is 6.42 Å². The maximum atomic E-state index is 12.0. The zero-order valence-electron chi connectivity index (χ0n) is 9.17. The highest BCUT2D eigenvalue weighted by molar-refractivity contribution is 5.61. The van der Waals surface area contributed by atoms with Crippen molar-refractivity contribution in [3.05, 3.63) is 18.2 Å². The molecular formula is C11H16F2N2O. The number of hydrogen-bond acceptors (Lipinski definition) is 3. The maximum Gasteiger partial charge on any atom is 0.255 e. The Morgan fingerprint density at radius 3 is 2.81 bits per heavy atom. The van der Waals surface area contributed by atoms with Crippen molar-refractivity contribution >= 4 is 11.4 Å². The molecule has 0 radical (unpaired) electrons. The minimum absolute atomic E-state index is 0.378. The van der Waals surface area contributed by atoms with E-state index in [2.05, 4.69) is 5.32 Å². The van der Waals surface area contributed by atoms with E-state index in [0.29, 0.717) is 23.7 Å². The molecule has 0 unspecified atom stereocenters. The summed E-state index contributed by atoms with van der Waals surface area (Å²) in [5, 5.41) is 2.60. The molecule has 3 nitrogen and oxygen atoms in total. The lowest BCUT2D eigenvalue weighted by molar-refractivity contribution is 0.163. The molecule has 0 atom stereocenters. The van der Waals surface area contributed by atoms with Gasteiger partial charge in [-0.3, -0.25) is 0 Å². The molecule has 5 heteroatoms. The van der Waals surface area contributed by atoms with Gasteiger partial charge in [-0.2, -0.15) is 0 Å². The molecule has 0 spiro atoms. The largest absolute Gasteiger partial charge is 0.491 e. The maximum absolute atomic E-state index is 12.0. The van der Waals surface area contributed by atoms with Gasteiger partial charge >= 0.3 is 0 Å². The summed E-state index contributed by atoms with van der Waals surface area (Å²) in [5.74, 6) is 0.529. The average Bonchev–Trinajstić information content (AvgIpc) is 2.26. The number of hydrogen-bond donors (Lipinski definition) is 2. The molecule has 0 saturated carbocycles. The zero-order chi connectivity index (χ0) is 12.0. The summed E-state index contributed by atoms with van der Waals surface area (Å²) in [7, 11) is 0. The minimum Gasteiger partial charge on any atom is -0.491 e. The Hall–Kier alpha value is -1.52. The first-order chi connectivity index (χ1) is 7.63. The third-order valence-corrected chi connectivity index (χ3v) is 1.94. The van der Waals surface area contributed by atoms with Gasteiger partial charge in [-0.25, -0.2) is 8.78 Å². The third kappa shape index (κ3) is 3.92. The van der Waals surface area contributed by atoms with Crippen LogP contribution in [-0.2, 0) is 0 Å². The summed E-state index contributed by atoms with van der Waals surface area (Å²) in [6.07, 6.45) is -1.51. The Labute approximate surface area is 93.6 Å². The van der Waals surface area contributed by atoms with Crippen LogP contribution in [0, 0.1) is 0 Å². The first kappa shape index (κ1) is 12.5. The van der Waals surface area contributed by atoms with Crippen LogP contribution in [0.25, 0.3) is 0 Å². The van der Waals surface area contributed by atoms with E-state index in [1.54, 1.807) is 18.2 Å². The van der Waals surface area contributed by atoms with E-state index in [1.165, 1.54) is 0 Å². The molecule has 0 aliphatic heterocycles. The first-order valence-corrected chi connectivity index (χ1v) is 5.17. The number of nitrogens with one attached hydrogen (secondary N) is 1. The van der Waals surface area contributed by atoms with Crippen molar-refractivity contribution in [1.82, 2.24) is 0 Å². The second-order valence-corrected chi connectivity index (χ2v) is 3.37. The lowest BCUT2D eigenvalue weighted by Gasteiger charge is -2.11. The Morgan fingerprint density at radius 2 is 2.19 bits per heavy atom. The average molecular weight is 230 g/mol. The van der Waals surface area contributed by atoms with E-state index in [-0.39, 0.29) is 6.54 Å². The second-order valence-electron chi connectivity index (χ2n) is 3.37. The molecule has 0 fully saturated rings. The minimum atomic E-state index is -2.38. The Kier molecular flexibility index (Phi) is 4.82. The van der Waals surface area contributed by atoms with Crippen LogP contribution >= 0.6 is 0 Å². The van der Waals surface area contributed by atoms with Crippen LogP contribution in [0.2, 0.25) is 0 Å². The molecule has 0 aromatic heterocycles. The number of anilines is 2.